The van der Waals surface area contributed by atoms with Gasteiger partial charge in [-0.3, -0.25) is 4.99 Å². The molecule has 0 N–H and O–H groups in total. The molecule has 0 atom stereocenters. The summed E-state index contributed by atoms with van der Waals surface area (Å²) in [6.45, 7) is 3.07. The molecule has 0 radical (unpaired) electrons. The van der Waals surface area contributed by atoms with Crippen molar-refractivity contribution in [1.82, 2.24) is 9.38 Å². The Bertz CT molecular complexity index is 574. The molecule has 0 fully saturated rings. The molecule has 88 valence electrons. The summed E-state index contributed by atoms with van der Waals surface area (Å²) in [5.74, 6) is 2.04. The fourth-order valence-electron chi connectivity index (χ4n) is 1.81. The Morgan fingerprint density at radius 3 is 3.18 bits per heavy atom. The van der Waals surface area contributed by atoms with Crippen molar-refractivity contribution in [3.8, 4) is 0 Å². The fourth-order valence-corrected chi connectivity index (χ4v) is 3.70. The number of aryl methyl sites for hydroxylation is 1. The third-order valence-electron chi connectivity index (χ3n) is 2.65. The van der Waals surface area contributed by atoms with Crippen LogP contribution in [-0.2, 0) is 5.75 Å². The van der Waals surface area contributed by atoms with Crippen LogP contribution in [0.3, 0.4) is 0 Å². The highest BCUT2D eigenvalue weighted by molar-refractivity contribution is 8.38. The van der Waals surface area contributed by atoms with E-state index in [-0.39, 0.29) is 0 Å². The van der Waals surface area contributed by atoms with Gasteiger partial charge < -0.3 is 4.40 Å². The Balaban J connectivity index is 1.79. The van der Waals surface area contributed by atoms with Gasteiger partial charge in [-0.15, -0.1) is 0 Å². The highest BCUT2D eigenvalue weighted by Crippen LogP contribution is 2.25. The van der Waals surface area contributed by atoms with E-state index in [2.05, 4.69) is 33.6 Å². The Kier molecular flexibility index (Phi) is 3.11. The zero-order valence-corrected chi connectivity index (χ0v) is 11.2. The number of rotatable bonds is 2. The van der Waals surface area contributed by atoms with Crippen LogP contribution in [0, 0.1) is 6.92 Å². The summed E-state index contributed by atoms with van der Waals surface area (Å²) < 4.78 is 3.35. The van der Waals surface area contributed by atoms with Crippen LogP contribution in [0.1, 0.15) is 11.4 Å². The number of fused-ring (bicyclic) bond motifs is 1. The van der Waals surface area contributed by atoms with Gasteiger partial charge in [0.15, 0.2) is 0 Å². The average Bonchev–Trinajstić information content (AvgIpc) is 2.95. The van der Waals surface area contributed by atoms with Crippen molar-refractivity contribution >= 4 is 33.5 Å². The third-order valence-corrected chi connectivity index (χ3v) is 4.93. The van der Waals surface area contributed by atoms with Gasteiger partial charge in [0.05, 0.1) is 12.2 Å². The molecule has 3 heterocycles. The summed E-state index contributed by atoms with van der Waals surface area (Å²) in [4.78, 5) is 9.04. The molecule has 2 aromatic rings. The van der Waals surface area contributed by atoms with E-state index >= 15 is 0 Å². The molecule has 17 heavy (non-hydrogen) atoms. The highest BCUT2D eigenvalue weighted by Gasteiger charge is 2.09. The van der Waals surface area contributed by atoms with Gasteiger partial charge in [-0.2, -0.15) is 0 Å². The summed E-state index contributed by atoms with van der Waals surface area (Å²) in [7, 11) is 0. The van der Waals surface area contributed by atoms with E-state index < -0.39 is 0 Å². The normalized spacial score (nSPS) is 15.5. The van der Waals surface area contributed by atoms with Crippen LogP contribution in [0.2, 0.25) is 0 Å². The van der Waals surface area contributed by atoms with Crippen LogP contribution < -0.4 is 0 Å². The number of thioether (sulfide) groups is 2. The number of hydrogen-bond acceptors (Lipinski definition) is 4. The van der Waals surface area contributed by atoms with Crippen LogP contribution in [0.15, 0.2) is 29.4 Å². The lowest BCUT2D eigenvalue weighted by atomic mass is 10.4. The molecule has 0 saturated carbocycles. The van der Waals surface area contributed by atoms with Crippen LogP contribution in [0.4, 0.5) is 0 Å². The summed E-state index contributed by atoms with van der Waals surface area (Å²) >= 11 is 3.65. The number of imidazole rings is 1. The molecule has 1 aliphatic heterocycles. The van der Waals surface area contributed by atoms with E-state index in [1.807, 2.05) is 23.9 Å². The molecule has 3 rings (SSSR count). The summed E-state index contributed by atoms with van der Waals surface area (Å²) in [6, 6.07) is 6.19. The molecular formula is C12H13N3S2. The highest BCUT2D eigenvalue weighted by atomic mass is 32.2. The molecule has 0 amide bonds. The first-order valence-electron chi connectivity index (χ1n) is 5.56. The second-order valence-electron chi connectivity index (χ2n) is 3.91. The SMILES string of the molecule is Cc1cccc2nc(CSC3=NCCS3)cn12. The van der Waals surface area contributed by atoms with Crippen molar-refractivity contribution in [1.29, 1.82) is 0 Å². The summed E-state index contributed by atoms with van der Waals surface area (Å²) in [5, 5.41) is 0. The molecular weight excluding hydrogens is 250 g/mol. The van der Waals surface area contributed by atoms with Crippen molar-refractivity contribution in [2.24, 2.45) is 4.99 Å². The Morgan fingerprint density at radius 2 is 2.41 bits per heavy atom. The molecule has 0 unspecified atom stereocenters. The second-order valence-corrected chi connectivity index (χ2v) is 6.22. The van der Waals surface area contributed by atoms with Crippen molar-refractivity contribution < 1.29 is 0 Å². The second kappa shape index (κ2) is 4.74. The van der Waals surface area contributed by atoms with Crippen LogP contribution in [0.5, 0.6) is 0 Å². The van der Waals surface area contributed by atoms with Gasteiger partial charge in [0.2, 0.25) is 0 Å². The predicted octanol–water partition coefficient (Wildman–Crippen LogP) is 2.98. The summed E-state index contributed by atoms with van der Waals surface area (Å²) in [5.41, 5.74) is 3.37. The molecule has 3 nitrogen and oxygen atoms in total. The fraction of sp³-hybridized carbons (Fsp3) is 0.333. The maximum atomic E-state index is 4.61. The number of nitrogens with zero attached hydrogens (tertiary/aromatic N) is 3. The zero-order valence-electron chi connectivity index (χ0n) is 9.59. The maximum absolute atomic E-state index is 4.61. The Hall–Kier alpha value is -0.940. The van der Waals surface area contributed by atoms with Gasteiger partial charge in [-0.25, -0.2) is 4.98 Å². The first kappa shape index (κ1) is 11.2. The third kappa shape index (κ3) is 2.35. The van der Waals surface area contributed by atoms with Gasteiger partial charge in [0.25, 0.3) is 0 Å². The molecule has 1 aliphatic rings. The van der Waals surface area contributed by atoms with Crippen molar-refractivity contribution in [3.05, 3.63) is 35.8 Å². The largest absolute Gasteiger partial charge is 0.304 e. The smallest absolute Gasteiger partial charge is 0.137 e. The summed E-state index contributed by atoms with van der Waals surface area (Å²) in [6.07, 6.45) is 2.12. The Morgan fingerprint density at radius 1 is 1.47 bits per heavy atom. The molecule has 5 heteroatoms. The van der Waals surface area contributed by atoms with Crippen LogP contribution in [-0.4, -0.2) is 26.1 Å². The minimum atomic E-state index is 0.910. The quantitative estimate of drug-likeness (QED) is 0.834. The Labute approximate surface area is 109 Å². The standard InChI is InChI=1S/C12H13N3S2/c1-9-3-2-4-11-14-10(7-15(9)11)8-17-12-13-5-6-16-12/h2-4,7H,5-6,8H2,1H3. The van der Waals surface area contributed by atoms with E-state index in [1.54, 1.807) is 11.8 Å². The molecule has 2 aromatic heterocycles. The van der Waals surface area contributed by atoms with Crippen LogP contribution >= 0.6 is 23.5 Å². The number of aromatic nitrogens is 2. The first-order chi connectivity index (χ1) is 8.33. The monoisotopic (exact) mass is 263 g/mol. The first-order valence-corrected chi connectivity index (χ1v) is 7.54. The van der Waals surface area contributed by atoms with Crippen molar-refractivity contribution in [2.45, 2.75) is 12.7 Å². The molecule has 0 saturated heterocycles. The maximum Gasteiger partial charge on any atom is 0.137 e. The van der Waals surface area contributed by atoms with Gasteiger partial charge in [0.1, 0.15) is 10.0 Å². The van der Waals surface area contributed by atoms with Gasteiger partial charge in [-0.1, -0.05) is 29.6 Å². The lowest BCUT2D eigenvalue weighted by Crippen LogP contribution is -1.87. The van der Waals surface area contributed by atoms with Crippen molar-refractivity contribution in [3.63, 3.8) is 0 Å². The van der Waals surface area contributed by atoms with Gasteiger partial charge >= 0.3 is 0 Å². The van der Waals surface area contributed by atoms with Crippen LogP contribution in [0.25, 0.3) is 5.65 Å². The number of hydrogen-bond donors (Lipinski definition) is 0. The lowest BCUT2D eigenvalue weighted by molar-refractivity contribution is 1.09. The topological polar surface area (TPSA) is 29.7 Å². The molecule has 0 aromatic carbocycles. The lowest BCUT2D eigenvalue weighted by Gasteiger charge is -1.96. The predicted molar refractivity (Wildman–Crippen MR) is 76.0 cm³/mol. The number of aliphatic imine (C=N–C) groups is 1. The van der Waals surface area contributed by atoms with E-state index in [4.69, 9.17) is 0 Å². The number of pyridine rings is 1. The molecule has 0 bridgehead atoms. The molecule has 0 spiro atoms. The van der Waals surface area contributed by atoms with E-state index in [9.17, 15) is 0 Å². The van der Waals surface area contributed by atoms with Gasteiger partial charge in [-0.05, 0) is 19.1 Å². The molecule has 0 aliphatic carbocycles. The zero-order chi connectivity index (χ0) is 11.7. The van der Waals surface area contributed by atoms with E-state index in [1.165, 1.54) is 10.1 Å². The minimum absolute atomic E-state index is 0.910. The van der Waals surface area contributed by atoms with E-state index in [0.717, 1.165) is 29.4 Å². The van der Waals surface area contributed by atoms with E-state index in [0.29, 0.717) is 0 Å². The van der Waals surface area contributed by atoms with Gasteiger partial charge in [0, 0.05) is 23.4 Å². The average molecular weight is 263 g/mol. The van der Waals surface area contributed by atoms with Crippen molar-refractivity contribution in [2.75, 3.05) is 12.3 Å². The minimum Gasteiger partial charge on any atom is -0.304 e.